The number of aromatic nitrogens is 4. The van der Waals surface area contributed by atoms with Crippen LogP contribution in [0.5, 0.6) is 0 Å². The van der Waals surface area contributed by atoms with Gasteiger partial charge >= 0.3 is 0 Å². The number of alkyl halides is 1. The molecule has 1 saturated heterocycles. The van der Waals surface area contributed by atoms with Gasteiger partial charge in [-0.15, -0.1) is 11.3 Å². The molecule has 25 heavy (non-hydrogen) atoms. The van der Waals surface area contributed by atoms with Gasteiger partial charge in [0.2, 0.25) is 11.5 Å². The molecule has 1 aliphatic heterocycles. The van der Waals surface area contributed by atoms with E-state index in [1.165, 1.54) is 4.88 Å². The zero-order valence-corrected chi connectivity index (χ0v) is 14.7. The normalized spacial score (nSPS) is 21.5. The number of hydrogen-bond acceptors (Lipinski definition) is 7. The molecule has 0 spiro atoms. The van der Waals surface area contributed by atoms with Crippen molar-refractivity contribution in [3.05, 3.63) is 46.5 Å². The van der Waals surface area contributed by atoms with Gasteiger partial charge in [0.05, 0.1) is 11.2 Å². The molecule has 0 radical (unpaired) electrons. The number of halogens is 1. The molecule has 1 fully saturated rings. The van der Waals surface area contributed by atoms with Crippen LogP contribution in [0.1, 0.15) is 29.3 Å². The standard InChI is InChI=1S/C17H18FN5OS/c1-12-14(25-11-20-12)9-23-7-3-5-17(18,10-23)16-21-15(22-24-16)13-4-2-6-19-8-13/h2,4,6,8,11H,3,5,7,9-10H2,1H3. The van der Waals surface area contributed by atoms with E-state index in [4.69, 9.17) is 4.52 Å². The van der Waals surface area contributed by atoms with Crippen LogP contribution >= 0.6 is 11.3 Å². The maximum Gasteiger partial charge on any atom is 0.265 e. The number of nitrogens with zero attached hydrogens (tertiary/aromatic N) is 5. The maximum absolute atomic E-state index is 15.5. The molecule has 1 atom stereocenters. The highest BCUT2D eigenvalue weighted by Crippen LogP contribution is 2.36. The van der Waals surface area contributed by atoms with Crippen molar-refractivity contribution < 1.29 is 8.91 Å². The fraction of sp³-hybridized carbons (Fsp3) is 0.412. The first-order chi connectivity index (χ1) is 12.1. The van der Waals surface area contributed by atoms with E-state index in [2.05, 4.69) is 25.0 Å². The monoisotopic (exact) mass is 359 g/mol. The largest absolute Gasteiger partial charge is 0.335 e. The summed E-state index contributed by atoms with van der Waals surface area (Å²) < 4.78 is 20.8. The Morgan fingerprint density at radius 2 is 2.36 bits per heavy atom. The van der Waals surface area contributed by atoms with Gasteiger partial charge in [-0.2, -0.15) is 4.98 Å². The Bertz CT molecular complexity index is 852. The second-order valence-corrected chi connectivity index (χ2v) is 7.24. The van der Waals surface area contributed by atoms with Crippen molar-refractivity contribution in [2.75, 3.05) is 13.1 Å². The van der Waals surface area contributed by atoms with E-state index in [1.54, 1.807) is 29.8 Å². The van der Waals surface area contributed by atoms with Crippen LogP contribution in [0.2, 0.25) is 0 Å². The molecule has 4 heterocycles. The van der Waals surface area contributed by atoms with Crippen LogP contribution in [-0.2, 0) is 12.2 Å². The van der Waals surface area contributed by atoms with E-state index >= 15 is 4.39 Å². The highest BCUT2D eigenvalue weighted by molar-refractivity contribution is 7.09. The summed E-state index contributed by atoms with van der Waals surface area (Å²) in [6.45, 7) is 3.79. The van der Waals surface area contributed by atoms with E-state index in [1.807, 2.05) is 18.5 Å². The fourth-order valence-corrected chi connectivity index (χ4v) is 3.92. The van der Waals surface area contributed by atoms with Crippen molar-refractivity contribution in [2.45, 2.75) is 32.0 Å². The molecule has 6 nitrogen and oxygen atoms in total. The minimum absolute atomic E-state index is 0.0529. The summed E-state index contributed by atoms with van der Waals surface area (Å²) in [6, 6.07) is 3.61. The van der Waals surface area contributed by atoms with Gasteiger partial charge in [-0.25, -0.2) is 9.37 Å². The lowest BCUT2D eigenvalue weighted by Crippen LogP contribution is -2.43. The average Bonchev–Trinajstić information content (AvgIpc) is 3.26. The zero-order chi connectivity index (χ0) is 17.3. The molecule has 8 heteroatoms. The summed E-state index contributed by atoms with van der Waals surface area (Å²) >= 11 is 1.61. The molecular formula is C17H18FN5OS. The predicted octanol–water partition coefficient (Wildman–Crippen LogP) is 3.36. The summed E-state index contributed by atoms with van der Waals surface area (Å²) in [6.07, 6.45) is 4.44. The highest BCUT2D eigenvalue weighted by Gasteiger charge is 2.42. The average molecular weight is 359 g/mol. The van der Waals surface area contributed by atoms with Gasteiger partial charge in [-0.05, 0) is 38.4 Å². The number of rotatable bonds is 4. The quantitative estimate of drug-likeness (QED) is 0.711. The molecule has 3 aromatic rings. The molecule has 1 aliphatic rings. The second-order valence-electron chi connectivity index (χ2n) is 6.31. The number of likely N-dealkylation sites (tertiary alicyclic amines) is 1. The van der Waals surface area contributed by atoms with Gasteiger partial charge in [-0.1, -0.05) is 5.16 Å². The Hall–Kier alpha value is -2.19. The van der Waals surface area contributed by atoms with Crippen LogP contribution in [0, 0.1) is 6.92 Å². The smallest absolute Gasteiger partial charge is 0.265 e. The molecule has 0 amide bonds. The lowest BCUT2D eigenvalue weighted by molar-refractivity contribution is 0.0127. The maximum atomic E-state index is 15.5. The molecule has 0 bridgehead atoms. The van der Waals surface area contributed by atoms with Gasteiger partial charge in [0.15, 0.2) is 0 Å². The van der Waals surface area contributed by atoms with Crippen LogP contribution in [-0.4, -0.2) is 38.1 Å². The van der Waals surface area contributed by atoms with Crippen LogP contribution in [0.3, 0.4) is 0 Å². The molecule has 0 N–H and O–H groups in total. The molecule has 3 aromatic heterocycles. The van der Waals surface area contributed by atoms with Gasteiger partial charge in [0.25, 0.3) is 5.89 Å². The van der Waals surface area contributed by atoms with Crippen LogP contribution in [0.15, 0.2) is 34.6 Å². The Morgan fingerprint density at radius 1 is 1.44 bits per heavy atom. The number of aryl methyl sites for hydroxylation is 1. The van der Waals surface area contributed by atoms with Crippen LogP contribution < -0.4 is 0 Å². The Morgan fingerprint density at radius 3 is 3.12 bits per heavy atom. The van der Waals surface area contributed by atoms with E-state index in [9.17, 15) is 0 Å². The van der Waals surface area contributed by atoms with Crippen molar-refractivity contribution in [1.82, 2.24) is 25.0 Å². The number of hydrogen-bond donors (Lipinski definition) is 0. The summed E-state index contributed by atoms with van der Waals surface area (Å²) in [7, 11) is 0. The van der Waals surface area contributed by atoms with Gasteiger partial charge in [0.1, 0.15) is 0 Å². The van der Waals surface area contributed by atoms with Crippen LogP contribution in [0.4, 0.5) is 4.39 Å². The number of pyridine rings is 1. The van der Waals surface area contributed by atoms with Crippen molar-refractivity contribution in [2.24, 2.45) is 0 Å². The minimum atomic E-state index is -1.62. The van der Waals surface area contributed by atoms with Crippen molar-refractivity contribution >= 4 is 11.3 Å². The fourth-order valence-electron chi connectivity index (χ4n) is 3.10. The van der Waals surface area contributed by atoms with Crippen molar-refractivity contribution in [3.8, 4) is 11.4 Å². The summed E-state index contributed by atoms with van der Waals surface area (Å²) in [5, 5.41) is 3.93. The number of piperidine rings is 1. The molecule has 0 aromatic carbocycles. The summed E-state index contributed by atoms with van der Waals surface area (Å²) in [4.78, 5) is 15.9. The first kappa shape index (κ1) is 16.3. The lowest BCUT2D eigenvalue weighted by Gasteiger charge is -2.34. The number of thiazole rings is 1. The highest BCUT2D eigenvalue weighted by atomic mass is 32.1. The molecule has 130 valence electrons. The minimum Gasteiger partial charge on any atom is -0.335 e. The molecule has 0 aliphatic carbocycles. The first-order valence-electron chi connectivity index (χ1n) is 8.19. The molecular weight excluding hydrogens is 341 g/mol. The van der Waals surface area contributed by atoms with Crippen LogP contribution in [0.25, 0.3) is 11.4 Å². The topological polar surface area (TPSA) is 67.9 Å². The predicted molar refractivity (Wildman–Crippen MR) is 91.7 cm³/mol. The van der Waals surface area contributed by atoms with E-state index < -0.39 is 5.67 Å². The van der Waals surface area contributed by atoms with Gasteiger partial charge in [0, 0.05) is 35.9 Å². The first-order valence-corrected chi connectivity index (χ1v) is 9.07. The SMILES string of the molecule is Cc1ncsc1CN1CCCC(F)(c2nc(-c3cccnc3)no2)C1. The van der Waals surface area contributed by atoms with E-state index in [0.717, 1.165) is 18.7 Å². The Balaban J connectivity index is 1.53. The van der Waals surface area contributed by atoms with Gasteiger partial charge in [-0.3, -0.25) is 9.88 Å². The molecule has 4 rings (SSSR count). The van der Waals surface area contributed by atoms with Crippen molar-refractivity contribution in [1.29, 1.82) is 0 Å². The third kappa shape index (κ3) is 3.32. The Labute approximate surface area is 148 Å². The third-order valence-corrected chi connectivity index (χ3v) is 5.38. The molecule has 1 unspecified atom stereocenters. The molecule has 0 saturated carbocycles. The third-order valence-electron chi connectivity index (χ3n) is 4.46. The Kier molecular flexibility index (Phi) is 4.30. The van der Waals surface area contributed by atoms with Crippen molar-refractivity contribution in [3.63, 3.8) is 0 Å². The van der Waals surface area contributed by atoms with E-state index in [-0.39, 0.29) is 12.4 Å². The van der Waals surface area contributed by atoms with E-state index in [0.29, 0.717) is 24.4 Å². The summed E-state index contributed by atoms with van der Waals surface area (Å²) in [5.41, 5.74) is 1.94. The second kappa shape index (κ2) is 6.61. The zero-order valence-electron chi connectivity index (χ0n) is 13.9. The summed E-state index contributed by atoms with van der Waals surface area (Å²) in [5.74, 6) is 0.424. The lowest BCUT2D eigenvalue weighted by atomic mass is 9.94. The van der Waals surface area contributed by atoms with Gasteiger partial charge < -0.3 is 4.52 Å².